The Bertz CT molecular complexity index is 370. The van der Waals surface area contributed by atoms with Gasteiger partial charge in [0, 0.05) is 10.8 Å². The van der Waals surface area contributed by atoms with Crippen molar-refractivity contribution in [3.8, 4) is 0 Å². The minimum Gasteiger partial charge on any atom is -0.480 e. The zero-order valence-electron chi connectivity index (χ0n) is 10.1. The maximum Gasteiger partial charge on any atom is 0.316 e. The first-order valence-electron chi connectivity index (χ1n) is 5.92. The Labute approximate surface area is 117 Å². The van der Waals surface area contributed by atoms with Gasteiger partial charge in [-0.3, -0.25) is 4.79 Å². The van der Waals surface area contributed by atoms with E-state index in [4.69, 9.17) is 22.4 Å². The van der Waals surface area contributed by atoms with Gasteiger partial charge in [0.25, 0.3) is 0 Å². The predicted molar refractivity (Wildman–Crippen MR) is 77.1 cm³/mol. The zero-order valence-corrected chi connectivity index (χ0v) is 11.7. The van der Waals surface area contributed by atoms with Crippen LogP contribution < -0.4 is 5.73 Å². The highest BCUT2D eigenvalue weighted by atomic mass is 35.5. The van der Waals surface area contributed by atoms with Gasteiger partial charge in [0.2, 0.25) is 0 Å². The largest absolute Gasteiger partial charge is 0.480 e. The van der Waals surface area contributed by atoms with Crippen LogP contribution in [0.25, 0.3) is 0 Å². The van der Waals surface area contributed by atoms with E-state index in [0.717, 1.165) is 18.4 Å². The summed E-state index contributed by atoms with van der Waals surface area (Å²) in [6.45, 7) is 0.619. The lowest BCUT2D eigenvalue weighted by Crippen LogP contribution is -2.17. The van der Waals surface area contributed by atoms with Crippen molar-refractivity contribution >= 4 is 29.3 Å². The summed E-state index contributed by atoms with van der Waals surface area (Å²) in [5, 5.41) is 9.46. The quantitative estimate of drug-likeness (QED) is 0.721. The number of nitrogens with two attached hydrogens (primary N) is 1. The Morgan fingerprint density at radius 2 is 2.00 bits per heavy atom. The summed E-state index contributed by atoms with van der Waals surface area (Å²) in [6, 6.07) is 7.49. The maximum absolute atomic E-state index is 11.1. The SMILES string of the molecule is NCCCCC(SCc1ccc(Cl)cc1)C(=O)O. The van der Waals surface area contributed by atoms with Gasteiger partial charge >= 0.3 is 5.97 Å². The molecule has 0 heterocycles. The van der Waals surface area contributed by atoms with E-state index in [1.807, 2.05) is 24.3 Å². The second-order valence-corrected chi connectivity index (χ2v) is 5.68. The van der Waals surface area contributed by atoms with Crippen LogP contribution in [0.5, 0.6) is 0 Å². The van der Waals surface area contributed by atoms with Gasteiger partial charge < -0.3 is 10.8 Å². The number of carbonyl (C=O) groups is 1. The van der Waals surface area contributed by atoms with Crippen molar-refractivity contribution in [3.63, 3.8) is 0 Å². The molecule has 1 aromatic rings. The van der Waals surface area contributed by atoms with E-state index in [1.54, 1.807) is 0 Å². The normalized spacial score (nSPS) is 12.3. The molecule has 1 rings (SSSR count). The van der Waals surface area contributed by atoms with Crippen molar-refractivity contribution in [2.45, 2.75) is 30.3 Å². The van der Waals surface area contributed by atoms with Crippen molar-refractivity contribution in [1.82, 2.24) is 0 Å². The van der Waals surface area contributed by atoms with Gasteiger partial charge in [-0.2, -0.15) is 0 Å². The molecule has 18 heavy (non-hydrogen) atoms. The first kappa shape index (κ1) is 15.3. The molecule has 3 N–H and O–H groups in total. The Balaban J connectivity index is 2.41. The van der Waals surface area contributed by atoms with Crippen LogP contribution in [-0.4, -0.2) is 22.9 Å². The van der Waals surface area contributed by atoms with E-state index >= 15 is 0 Å². The Hall–Kier alpha value is -0.710. The van der Waals surface area contributed by atoms with Crippen molar-refractivity contribution in [2.24, 2.45) is 5.73 Å². The minimum atomic E-state index is -0.744. The number of thioether (sulfide) groups is 1. The Morgan fingerprint density at radius 1 is 1.33 bits per heavy atom. The number of hydrogen-bond donors (Lipinski definition) is 2. The molecule has 0 aliphatic rings. The smallest absolute Gasteiger partial charge is 0.316 e. The van der Waals surface area contributed by atoms with Gasteiger partial charge in [0.15, 0.2) is 0 Å². The second-order valence-electron chi connectivity index (χ2n) is 4.05. The summed E-state index contributed by atoms with van der Waals surface area (Å²) in [6.07, 6.45) is 2.41. The standard InChI is InChI=1S/C13H18ClNO2S/c14-11-6-4-10(5-7-11)9-18-12(13(16)17)3-1-2-8-15/h4-7,12H,1-3,8-9,15H2,(H,16,17). The third kappa shape index (κ3) is 5.76. The molecule has 0 aliphatic heterocycles. The molecule has 0 aromatic heterocycles. The van der Waals surface area contributed by atoms with Crippen LogP contribution in [0.15, 0.2) is 24.3 Å². The topological polar surface area (TPSA) is 63.3 Å². The monoisotopic (exact) mass is 287 g/mol. The molecule has 5 heteroatoms. The lowest BCUT2D eigenvalue weighted by molar-refractivity contribution is -0.136. The highest BCUT2D eigenvalue weighted by Gasteiger charge is 2.17. The van der Waals surface area contributed by atoms with E-state index in [2.05, 4.69) is 0 Å². The molecular weight excluding hydrogens is 270 g/mol. The lowest BCUT2D eigenvalue weighted by atomic mass is 10.2. The lowest BCUT2D eigenvalue weighted by Gasteiger charge is -2.11. The van der Waals surface area contributed by atoms with Crippen LogP contribution >= 0.6 is 23.4 Å². The van der Waals surface area contributed by atoms with Crippen LogP contribution in [0.3, 0.4) is 0 Å². The van der Waals surface area contributed by atoms with Gasteiger partial charge in [0.1, 0.15) is 5.25 Å². The van der Waals surface area contributed by atoms with Crippen LogP contribution in [0.4, 0.5) is 0 Å². The molecule has 0 saturated heterocycles. The molecule has 1 atom stereocenters. The molecule has 0 amide bonds. The number of rotatable bonds is 8. The first-order chi connectivity index (χ1) is 8.63. The van der Waals surface area contributed by atoms with Gasteiger partial charge in [-0.05, 0) is 37.1 Å². The summed E-state index contributed by atoms with van der Waals surface area (Å²) in [5.74, 6) is -0.0532. The van der Waals surface area contributed by atoms with Crippen molar-refractivity contribution in [1.29, 1.82) is 0 Å². The Morgan fingerprint density at radius 3 is 2.56 bits per heavy atom. The van der Waals surface area contributed by atoms with Crippen molar-refractivity contribution in [2.75, 3.05) is 6.54 Å². The van der Waals surface area contributed by atoms with E-state index in [9.17, 15) is 4.79 Å². The molecule has 100 valence electrons. The van der Waals surface area contributed by atoms with E-state index in [0.29, 0.717) is 23.7 Å². The average molecular weight is 288 g/mol. The van der Waals surface area contributed by atoms with Gasteiger partial charge in [-0.1, -0.05) is 30.2 Å². The van der Waals surface area contributed by atoms with Gasteiger partial charge in [0.05, 0.1) is 0 Å². The molecule has 0 radical (unpaired) electrons. The Kier molecular flexibility index (Phi) is 7.16. The van der Waals surface area contributed by atoms with Crippen LogP contribution in [0.1, 0.15) is 24.8 Å². The summed E-state index contributed by atoms with van der Waals surface area (Å²) in [4.78, 5) is 11.1. The molecular formula is C13H18ClNO2S. The molecule has 0 spiro atoms. The number of aliphatic carboxylic acids is 1. The van der Waals surface area contributed by atoms with E-state index < -0.39 is 5.97 Å². The summed E-state index contributed by atoms with van der Waals surface area (Å²) >= 11 is 7.25. The number of carboxylic acid groups (broad SMARTS) is 1. The first-order valence-corrected chi connectivity index (χ1v) is 7.35. The molecule has 0 bridgehead atoms. The van der Waals surface area contributed by atoms with Gasteiger partial charge in [-0.15, -0.1) is 11.8 Å². The third-order valence-electron chi connectivity index (χ3n) is 2.56. The van der Waals surface area contributed by atoms with Crippen LogP contribution in [0.2, 0.25) is 5.02 Å². The molecule has 1 aromatic carbocycles. The van der Waals surface area contributed by atoms with E-state index in [-0.39, 0.29) is 5.25 Å². The minimum absolute atomic E-state index is 0.354. The fourth-order valence-corrected chi connectivity index (χ4v) is 2.72. The highest BCUT2D eigenvalue weighted by molar-refractivity contribution is 7.99. The highest BCUT2D eigenvalue weighted by Crippen LogP contribution is 2.23. The molecule has 1 unspecified atom stereocenters. The maximum atomic E-state index is 11.1. The fraction of sp³-hybridized carbons (Fsp3) is 0.462. The number of hydrogen-bond acceptors (Lipinski definition) is 3. The number of benzene rings is 1. The fourth-order valence-electron chi connectivity index (χ4n) is 1.53. The van der Waals surface area contributed by atoms with Crippen molar-refractivity contribution < 1.29 is 9.90 Å². The van der Waals surface area contributed by atoms with E-state index in [1.165, 1.54) is 11.8 Å². The number of carboxylic acids is 1. The molecule has 0 aliphatic carbocycles. The molecule has 0 fully saturated rings. The second kappa shape index (κ2) is 8.40. The van der Waals surface area contributed by atoms with Crippen LogP contribution in [0, 0.1) is 0 Å². The van der Waals surface area contributed by atoms with Gasteiger partial charge in [-0.25, -0.2) is 0 Å². The number of halogens is 1. The average Bonchev–Trinajstić information content (AvgIpc) is 2.35. The van der Waals surface area contributed by atoms with Crippen molar-refractivity contribution in [3.05, 3.63) is 34.9 Å². The van der Waals surface area contributed by atoms with Crippen LogP contribution in [-0.2, 0) is 10.5 Å². The zero-order chi connectivity index (χ0) is 13.4. The predicted octanol–water partition coefficient (Wildman–Crippen LogP) is 3.16. The third-order valence-corrected chi connectivity index (χ3v) is 4.15. The number of unbranched alkanes of at least 4 members (excludes halogenated alkanes) is 1. The molecule has 0 saturated carbocycles. The summed E-state index contributed by atoms with van der Waals surface area (Å²) < 4.78 is 0. The molecule has 3 nitrogen and oxygen atoms in total. The summed E-state index contributed by atoms with van der Waals surface area (Å²) in [7, 11) is 0. The summed E-state index contributed by atoms with van der Waals surface area (Å²) in [5.41, 5.74) is 6.50.